The molecule has 0 atom stereocenters. The molecular formula is C14H18N4OS. The lowest BCUT2D eigenvalue weighted by Crippen LogP contribution is -2.08. The third kappa shape index (κ3) is 2.71. The van der Waals surface area contributed by atoms with Gasteiger partial charge in [0.25, 0.3) is 0 Å². The van der Waals surface area contributed by atoms with Crippen molar-refractivity contribution in [2.24, 2.45) is 0 Å². The van der Waals surface area contributed by atoms with Crippen LogP contribution in [0.1, 0.15) is 42.9 Å². The number of aryl methyl sites for hydroxylation is 1. The standard InChI is InChI=1S/C14H18N4OS/c1-10-8-11(9-19)6-7-13(10)20-14-15-16-17-18(14)12-4-2-3-5-12/h6-8,12,19H,2-5,9H2,1H3. The Labute approximate surface area is 122 Å². The molecule has 3 rings (SSSR count). The van der Waals surface area contributed by atoms with Gasteiger partial charge in [0.1, 0.15) is 0 Å². The average Bonchev–Trinajstić information content (AvgIpc) is 3.11. The van der Waals surface area contributed by atoms with E-state index in [4.69, 9.17) is 5.11 Å². The Hall–Kier alpha value is -1.40. The van der Waals surface area contributed by atoms with Crippen molar-refractivity contribution in [2.75, 3.05) is 0 Å². The van der Waals surface area contributed by atoms with Gasteiger partial charge in [0, 0.05) is 4.90 Å². The molecule has 6 heteroatoms. The summed E-state index contributed by atoms with van der Waals surface area (Å²) in [4.78, 5) is 1.14. The first kappa shape index (κ1) is 13.6. The molecule has 5 nitrogen and oxygen atoms in total. The summed E-state index contributed by atoms with van der Waals surface area (Å²) in [5, 5.41) is 22.1. The maximum atomic E-state index is 9.15. The van der Waals surface area contributed by atoms with Gasteiger partial charge < -0.3 is 5.11 Å². The minimum absolute atomic E-state index is 0.0750. The average molecular weight is 290 g/mol. The summed E-state index contributed by atoms with van der Waals surface area (Å²) in [7, 11) is 0. The molecule has 1 saturated carbocycles. The lowest BCUT2D eigenvalue weighted by molar-refractivity contribution is 0.281. The first-order valence-corrected chi connectivity index (χ1v) is 7.75. The normalized spacial score (nSPS) is 15.9. The molecule has 0 spiro atoms. The predicted molar refractivity (Wildman–Crippen MR) is 76.5 cm³/mol. The van der Waals surface area contributed by atoms with Gasteiger partial charge in [-0.1, -0.05) is 25.0 Å². The molecule has 1 N–H and O–H groups in total. The van der Waals surface area contributed by atoms with Crippen molar-refractivity contribution in [3.63, 3.8) is 0 Å². The van der Waals surface area contributed by atoms with Crippen LogP contribution in [0.3, 0.4) is 0 Å². The van der Waals surface area contributed by atoms with Crippen LogP contribution in [0.4, 0.5) is 0 Å². The molecule has 1 heterocycles. The van der Waals surface area contributed by atoms with E-state index in [1.807, 2.05) is 29.8 Å². The molecule has 0 radical (unpaired) electrons. The summed E-state index contributed by atoms with van der Waals surface area (Å²) >= 11 is 1.60. The number of nitrogens with zero attached hydrogens (tertiary/aromatic N) is 4. The number of aromatic nitrogens is 4. The van der Waals surface area contributed by atoms with E-state index in [1.165, 1.54) is 25.7 Å². The zero-order valence-corrected chi connectivity index (χ0v) is 12.3. The quantitative estimate of drug-likeness (QED) is 0.938. The Bertz CT molecular complexity index is 593. The highest BCUT2D eigenvalue weighted by atomic mass is 32.2. The van der Waals surface area contributed by atoms with E-state index in [1.54, 1.807) is 11.8 Å². The molecule has 0 saturated heterocycles. The molecular weight excluding hydrogens is 272 g/mol. The van der Waals surface area contributed by atoms with Gasteiger partial charge in [-0.25, -0.2) is 4.68 Å². The second-order valence-corrected chi connectivity index (χ2v) is 6.21. The van der Waals surface area contributed by atoms with Crippen LogP contribution in [0, 0.1) is 6.92 Å². The van der Waals surface area contributed by atoms with Crippen molar-refractivity contribution in [1.82, 2.24) is 20.2 Å². The number of aliphatic hydroxyl groups is 1. The minimum atomic E-state index is 0.0750. The van der Waals surface area contributed by atoms with Crippen LogP contribution >= 0.6 is 11.8 Å². The second-order valence-electron chi connectivity index (χ2n) is 5.20. The lowest BCUT2D eigenvalue weighted by Gasteiger charge is -2.11. The Morgan fingerprint density at radius 2 is 2.15 bits per heavy atom. The predicted octanol–water partition coefficient (Wildman–Crippen LogP) is 2.74. The van der Waals surface area contributed by atoms with Gasteiger partial charge >= 0.3 is 0 Å². The molecule has 0 unspecified atom stereocenters. The second kappa shape index (κ2) is 5.93. The Kier molecular flexibility index (Phi) is 4.03. The maximum absolute atomic E-state index is 9.15. The highest BCUT2D eigenvalue weighted by molar-refractivity contribution is 7.99. The zero-order chi connectivity index (χ0) is 13.9. The number of benzene rings is 1. The third-order valence-corrected chi connectivity index (χ3v) is 4.89. The van der Waals surface area contributed by atoms with Crippen LogP contribution in [0.25, 0.3) is 0 Å². The van der Waals surface area contributed by atoms with Crippen molar-refractivity contribution in [1.29, 1.82) is 0 Å². The molecule has 1 aromatic heterocycles. The van der Waals surface area contributed by atoms with Crippen molar-refractivity contribution < 1.29 is 5.11 Å². The molecule has 0 amide bonds. The van der Waals surface area contributed by atoms with Crippen molar-refractivity contribution in [2.45, 2.75) is 55.3 Å². The monoisotopic (exact) mass is 290 g/mol. The van der Waals surface area contributed by atoms with Gasteiger partial charge in [0.2, 0.25) is 5.16 Å². The summed E-state index contributed by atoms with van der Waals surface area (Å²) in [6.07, 6.45) is 4.86. The SMILES string of the molecule is Cc1cc(CO)ccc1Sc1nnnn1C1CCCC1. The highest BCUT2D eigenvalue weighted by Gasteiger charge is 2.22. The molecule has 1 fully saturated rings. The lowest BCUT2D eigenvalue weighted by atomic mass is 10.1. The molecule has 1 aromatic carbocycles. The summed E-state index contributed by atoms with van der Waals surface area (Å²) in [6.45, 7) is 2.12. The molecule has 0 aliphatic heterocycles. The van der Waals surface area contributed by atoms with E-state index in [9.17, 15) is 0 Å². The number of rotatable bonds is 4. The molecule has 2 aromatic rings. The highest BCUT2D eigenvalue weighted by Crippen LogP contribution is 2.34. The smallest absolute Gasteiger partial charge is 0.214 e. The van der Waals surface area contributed by atoms with Crippen molar-refractivity contribution >= 4 is 11.8 Å². The van der Waals surface area contributed by atoms with Crippen LogP contribution in [0.2, 0.25) is 0 Å². The fraction of sp³-hybridized carbons (Fsp3) is 0.500. The van der Waals surface area contributed by atoms with E-state index in [0.717, 1.165) is 21.2 Å². The van der Waals surface area contributed by atoms with E-state index in [2.05, 4.69) is 15.5 Å². The maximum Gasteiger partial charge on any atom is 0.214 e. The minimum Gasteiger partial charge on any atom is -0.392 e. The fourth-order valence-corrected chi connectivity index (χ4v) is 3.56. The van der Waals surface area contributed by atoms with Crippen LogP contribution in [-0.4, -0.2) is 25.3 Å². The van der Waals surface area contributed by atoms with Crippen molar-refractivity contribution in [3.05, 3.63) is 29.3 Å². The zero-order valence-electron chi connectivity index (χ0n) is 11.5. The third-order valence-electron chi connectivity index (χ3n) is 3.76. The van der Waals surface area contributed by atoms with E-state index in [-0.39, 0.29) is 6.61 Å². The van der Waals surface area contributed by atoms with Gasteiger partial charge in [0.05, 0.1) is 12.6 Å². The molecule has 20 heavy (non-hydrogen) atoms. The van der Waals surface area contributed by atoms with Gasteiger partial charge in [-0.15, -0.1) is 5.10 Å². The first-order valence-electron chi connectivity index (χ1n) is 6.94. The number of hydrogen-bond donors (Lipinski definition) is 1. The number of tetrazole rings is 1. The summed E-state index contributed by atoms with van der Waals surface area (Å²) in [5.41, 5.74) is 2.07. The van der Waals surface area contributed by atoms with Gasteiger partial charge in [0.15, 0.2) is 0 Å². The van der Waals surface area contributed by atoms with Crippen LogP contribution < -0.4 is 0 Å². The van der Waals surface area contributed by atoms with Crippen LogP contribution in [0.5, 0.6) is 0 Å². The van der Waals surface area contributed by atoms with Crippen LogP contribution in [-0.2, 0) is 6.61 Å². The van der Waals surface area contributed by atoms with E-state index in [0.29, 0.717) is 6.04 Å². The largest absolute Gasteiger partial charge is 0.392 e. The van der Waals surface area contributed by atoms with E-state index < -0.39 is 0 Å². The molecule has 0 bridgehead atoms. The summed E-state index contributed by atoms with van der Waals surface area (Å²) in [6, 6.07) is 6.43. The Morgan fingerprint density at radius 1 is 1.35 bits per heavy atom. The van der Waals surface area contributed by atoms with Gasteiger partial charge in [-0.05, 0) is 59.1 Å². The van der Waals surface area contributed by atoms with Gasteiger partial charge in [-0.2, -0.15) is 0 Å². The van der Waals surface area contributed by atoms with Gasteiger partial charge in [-0.3, -0.25) is 0 Å². The fourth-order valence-electron chi connectivity index (χ4n) is 2.65. The topological polar surface area (TPSA) is 63.8 Å². The number of hydrogen-bond acceptors (Lipinski definition) is 5. The van der Waals surface area contributed by atoms with Crippen LogP contribution in [0.15, 0.2) is 28.3 Å². The molecule has 1 aliphatic carbocycles. The molecule has 106 valence electrons. The summed E-state index contributed by atoms with van der Waals surface area (Å²) in [5.74, 6) is 0. The van der Waals surface area contributed by atoms with E-state index >= 15 is 0 Å². The Balaban J connectivity index is 1.83. The number of aliphatic hydroxyl groups excluding tert-OH is 1. The first-order chi connectivity index (χ1) is 9.78. The molecule has 1 aliphatic rings. The Morgan fingerprint density at radius 3 is 2.85 bits per heavy atom. The van der Waals surface area contributed by atoms with Crippen molar-refractivity contribution in [3.8, 4) is 0 Å². The summed E-state index contributed by atoms with van der Waals surface area (Å²) < 4.78 is 1.97.